The van der Waals surface area contributed by atoms with E-state index in [1.165, 1.54) is 51.4 Å². The third-order valence-corrected chi connectivity index (χ3v) is 4.04. The number of hydrogen-bond donors (Lipinski definition) is 0. The van der Waals surface area contributed by atoms with E-state index in [2.05, 4.69) is 11.5 Å². The minimum atomic E-state index is 0.207. The van der Waals surface area contributed by atoms with Crippen LogP contribution in [-0.4, -0.2) is 22.9 Å². The Morgan fingerprint density at radius 1 is 1.00 bits per heavy atom. The molecular formula is C14H23NO. The van der Waals surface area contributed by atoms with Gasteiger partial charge in [-0.15, -0.1) is 0 Å². The van der Waals surface area contributed by atoms with E-state index >= 15 is 0 Å². The van der Waals surface area contributed by atoms with Gasteiger partial charge in [0, 0.05) is 17.7 Å². The summed E-state index contributed by atoms with van der Waals surface area (Å²) in [6.07, 6.45) is 9.97. The van der Waals surface area contributed by atoms with E-state index in [4.69, 9.17) is 0 Å². The van der Waals surface area contributed by atoms with Gasteiger partial charge >= 0.3 is 0 Å². The lowest BCUT2D eigenvalue weighted by Gasteiger charge is -2.34. The molecule has 0 unspecified atom stereocenters. The van der Waals surface area contributed by atoms with Crippen molar-refractivity contribution in [3.05, 3.63) is 12.2 Å². The van der Waals surface area contributed by atoms with Crippen LogP contribution in [0.4, 0.5) is 0 Å². The standard InChI is InChI=1S/C14H23NO/c1-11(2)14(16)15(12-7-3-4-8-12)13-9-5-6-10-13/h12-13H,1,3-10H2,2H3. The maximum Gasteiger partial charge on any atom is 0.249 e. The third kappa shape index (κ3) is 2.31. The first-order valence-corrected chi connectivity index (χ1v) is 6.68. The Kier molecular flexibility index (Phi) is 3.67. The molecule has 2 heteroatoms. The van der Waals surface area contributed by atoms with Gasteiger partial charge in [-0.05, 0) is 32.6 Å². The molecule has 0 saturated heterocycles. The number of hydrogen-bond acceptors (Lipinski definition) is 1. The van der Waals surface area contributed by atoms with Crippen LogP contribution in [0.5, 0.6) is 0 Å². The zero-order valence-electron chi connectivity index (χ0n) is 10.4. The van der Waals surface area contributed by atoms with Gasteiger partial charge in [0.05, 0.1) is 0 Å². The molecule has 0 aliphatic heterocycles. The molecule has 2 aliphatic rings. The average molecular weight is 221 g/mol. The minimum absolute atomic E-state index is 0.207. The zero-order valence-corrected chi connectivity index (χ0v) is 10.4. The highest BCUT2D eigenvalue weighted by Crippen LogP contribution is 2.32. The minimum Gasteiger partial charge on any atom is -0.333 e. The summed E-state index contributed by atoms with van der Waals surface area (Å²) in [6, 6.07) is 1.01. The third-order valence-electron chi connectivity index (χ3n) is 4.04. The van der Waals surface area contributed by atoms with Crippen molar-refractivity contribution in [2.45, 2.75) is 70.4 Å². The average Bonchev–Trinajstić information content (AvgIpc) is 2.89. The second kappa shape index (κ2) is 5.03. The van der Waals surface area contributed by atoms with E-state index in [1.807, 2.05) is 6.92 Å². The zero-order chi connectivity index (χ0) is 11.5. The number of amides is 1. The van der Waals surface area contributed by atoms with Crippen LogP contribution in [0, 0.1) is 0 Å². The van der Waals surface area contributed by atoms with Gasteiger partial charge in [-0.25, -0.2) is 0 Å². The molecule has 0 spiro atoms. The highest BCUT2D eigenvalue weighted by molar-refractivity contribution is 5.92. The Labute approximate surface area is 98.7 Å². The largest absolute Gasteiger partial charge is 0.333 e. The van der Waals surface area contributed by atoms with Crippen LogP contribution in [0.2, 0.25) is 0 Å². The lowest BCUT2D eigenvalue weighted by Crippen LogP contribution is -2.45. The van der Waals surface area contributed by atoms with Gasteiger partial charge < -0.3 is 4.90 Å². The van der Waals surface area contributed by atoms with Gasteiger partial charge in [0.25, 0.3) is 0 Å². The van der Waals surface area contributed by atoms with Crippen LogP contribution < -0.4 is 0 Å². The van der Waals surface area contributed by atoms with Crippen LogP contribution in [0.3, 0.4) is 0 Å². The van der Waals surface area contributed by atoms with Gasteiger partial charge in [0.15, 0.2) is 0 Å². The Morgan fingerprint density at radius 3 is 1.69 bits per heavy atom. The van der Waals surface area contributed by atoms with Crippen molar-refractivity contribution in [1.82, 2.24) is 4.90 Å². The first kappa shape index (κ1) is 11.7. The fraction of sp³-hybridized carbons (Fsp3) is 0.786. The smallest absolute Gasteiger partial charge is 0.249 e. The van der Waals surface area contributed by atoms with Gasteiger partial charge in [-0.1, -0.05) is 32.3 Å². The van der Waals surface area contributed by atoms with Gasteiger partial charge in [-0.3, -0.25) is 4.79 Å². The Bertz CT molecular complexity index is 256. The summed E-state index contributed by atoms with van der Waals surface area (Å²) in [4.78, 5) is 14.4. The Balaban J connectivity index is 2.10. The molecule has 2 aliphatic carbocycles. The summed E-state index contributed by atoms with van der Waals surface area (Å²) in [6.45, 7) is 5.67. The normalized spacial score (nSPS) is 22.6. The van der Waals surface area contributed by atoms with Gasteiger partial charge in [0.1, 0.15) is 0 Å². The summed E-state index contributed by atoms with van der Waals surface area (Å²) in [5, 5.41) is 0. The molecule has 0 heterocycles. The molecule has 0 aromatic rings. The fourth-order valence-corrected chi connectivity index (χ4v) is 3.22. The molecule has 16 heavy (non-hydrogen) atoms. The maximum absolute atomic E-state index is 12.2. The molecule has 0 radical (unpaired) electrons. The van der Waals surface area contributed by atoms with Crippen LogP contribution in [0.1, 0.15) is 58.3 Å². The quantitative estimate of drug-likeness (QED) is 0.670. The number of carbonyl (C=O) groups is 1. The number of carbonyl (C=O) groups excluding carboxylic acids is 1. The molecule has 0 bridgehead atoms. The van der Waals surface area contributed by atoms with Crippen molar-refractivity contribution < 1.29 is 4.79 Å². The summed E-state index contributed by atoms with van der Waals surface area (Å²) >= 11 is 0. The van der Waals surface area contributed by atoms with Gasteiger partial charge in [-0.2, -0.15) is 0 Å². The lowest BCUT2D eigenvalue weighted by molar-refractivity contribution is -0.131. The molecule has 0 aromatic carbocycles. The predicted octanol–water partition coefficient (Wildman–Crippen LogP) is 3.28. The van der Waals surface area contributed by atoms with E-state index in [1.54, 1.807) is 0 Å². The summed E-state index contributed by atoms with van der Waals surface area (Å²) in [5.41, 5.74) is 0.707. The Hall–Kier alpha value is -0.790. The molecule has 2 fully saturated rings. The molecule has 2 nitrogen and oxygen atoms in total. The van der Waals surface area contributed by atoms with Gasteiger partial charge in [0.2, 0.25) is 5.91 Å². The van der Waals surface area contributed by atoms with E-state index in [0.29, 0.717) is 17.7 Å². The van der Waals surface area contributed by atoms with Crippen LogP contribution >= 0.6 is 0 Å². The van der Waals surface area contributed by atoms with E-state index in [-0.39, 0.29) is 5.91 Å². The second-order valence-corrected chi connectivity index (χ2v) is 5.37. The van der Waals surface area contributed by atoms with E-state index < -0.39 is 0 Å². The first-order chi connectivity index (χ1) is 7.70. The van der Waals surface area contributed by atoms with Crippen molar-refractivity contribution in [3.8, 4) is 0 Å². The molecule has 2 saturated carbocycles. The maximum atomic E-state index is 12.2. The van der Waals surface area contributed by atoms with Crippen LogP contribution in [-0.2, 0) is 4.79 Å². The highest BCUT2D eigenvalue weighted by Gasteiger charge is 2.33. The van der Waals surface area contributed by atoms with Crippen molar-refractivity contribution in [3.63, 3.8) is 0 Å². The molecule has 0 N–H and O–H groups in total. The van der Waals surface area contributed by atoms with Crippen molar-refractivity contribution in [2.24, 2.45) is 0 Å². The summed E-state index contributed by atoms with van der Waals surface area (Å²) < 4.78 is 0. The lowest BCUT2D eigenvalue weighted by atomic mass is 10.1. The van der Waals surface area contributed by atoms with Crippen molar-refractivity contribution in [2.75, 3.05) is 0 Å². The van der Waals surface area contributed by atoms with E-state index in [9.17, 15) is 4.79 Å². The van der Waals surface area contributed by atoms with Crippen molar-refractivity contribution >= 4 is 5.91 Å². The highest BCUT2D eigenvalue weighted by atomic mass is 16.2. The fourth-order valence-electron chi connectivity index (χ4n) is 3.22. The second-order valence-electron chi connectivity index (χ2n) is 5.37. The monoisotopic (exact) mass is 221 g/mol. The number of nitrogens with zero attached hydrogens (tertiary/aromatic N) is 1. The topological polar surface area (TPSA) is 20.3 Å². The molecule has 90 valence electrons. The van der Waals surface area contributed by atoms with E-state index in [0.717, 1.165) is 0 Å². The SMILES string of the molecule is C=C(C)C(=O)N(C1CCCC1)C1CCCC1. The molecular weight excluding hydrogens is 198 g/mol. The molecule has 1 amide bonds. The predicted molar refractivity (Wildman–Crippen MR) is 66.2 cm³/mol. The van der Waals surface area contributed by atoms with Crippen LogP contribution in [0.15, 0.2) is 12.2 Å². The molecule has 0 atom stereocenters. The van der Waals surface area contributed by atoms with Crippen molar-refractivity contribution in [1.29, 1.82) is 0 Å². The Morgan fingerprint density at radius 2 is 1.38 bits per heavy atom. The first-order valence-electron chi connectivity index (χ1n) is 6.68. The molecule has 2 rings (SSSR count). The summed E-state index contributed by atoms with van der Waals surface area (Å²) in [7, 11) is 0. The van der Waals surface area contributed by atoms with Crippen LogP contribution in [0.25, 0.3) is 0 Å². The summed E-state index contributed by atoms with van der Waals surface area (Å²) in [5.74, 6) is 0.207. The molecule has 0 aromatic heterocycles. The number of rotatable bonds is 3.